The summed E-state index contributed by atoms with van der Waals surface area (Å²) >= 11 is 0. The first kappa shape index (κ1) is 15.7. The molecule has 0 saturated carbocycles. The zero-order chi connectivity index (χ0) is 17.3. The van der Waals surface area contributed by atoms with Gasteiger partial charge in [-0.05, 0) is 18.2 Å². The SMILES string of the molecule is COc1cccc(C(O)=C2C(=O)C(=O)NC2c2ccccc2F)c1. The Morgan fingerprint density at radius 3 is 2.62 bits per heavy atom. The number of carbonyl (C=O) groups is 2. The van der Waals surface area contributed by atoms with Crippen molar-refractivity contribution in [2.24, 2.45) is 0 Å². The van der Waals surface area contributed by atoms with E-state index in [1.165, 1.54) is 31.4 Å². The number of benzene rings is 2. The predicted octanol–water partition coefficient (Wildman–Crippen LogP) is 2.54. The molecule has 2 N–H and O–H groups in total. The van der Waals surface area contributed by atoms with Crippen LogP contribution >= 0.6 is 0 Å². The minimum Gasteiger partial charge on any atom is -0.507 e. The van der Waals surface area contributed by atoms with Crippen molar-refractivity contribution < 1.29 is 23.8 Å². The number of rotatable bonds is 3. The number of nitrogens with one attached hydrogen (secondary N) is 1. The number of methoxy groups -OCH3 is 1. The van der Waals surface area contributed by atoms with Crippen molar-refractivity contribution in [2.75, 3.05) is 7.11 Å². The monoisotopic (exact) mass is 327 g/mol. The molecule has 0 aromatic heterocycles. The van der Waals surface area contributed by atoms with Crippen molar-refractivity contribution in [3.63, 3.8) is 0 Å². The number of ketones is 1. The van der Waals surface area contributed by atoms with E-state index in [0.29, 0.717) is 11.3 Å². The number of aliphatic hydroxyl groups excluding tert-OH is 1. The minimum atomic E-state index is -1.04. The van der Waals surface area contributed by atoms with Crippen LogP contribution < -0.4 is 10.1 Å². The highest BCUT2D eigenvalue weighted by Crippen LogP contribution is 2.34. The number of hydrogen-bond donors (Lipinski definition) is 2. The third-order valence-electron chi connectivity index (χ3n) is 3.83. The van der Waals surface area contributed by atoms with Gasteiger partial charge in [0.15, 0.2) is 0 Å². The zero-order valence-corrected chi connectivity index (χ0v) is 12.7. The minimum absolute atomic E-state index is 0.112. The molecule has 1 aliphatic heterocycles. The summed E-state index contributed by atoms with van der Waals surface area (Å²) in [4.78, 5) is 24.0. The maximum absolute atomic E-state index is 14.1. The lowest BCUT2D eigenvalue weighted by atomic mass is 9.95. The van der Waals surface area contributed by atoms with Crippen LogP contribution in [0.2, 0.25) is 0 Å². The molecule has 24 heavy (non-hydrogen) atoms. The summed E-state index contributed by atoms with van der Waals surface area (Å²) in [5.74, 6) is -2.25. The molecule has 2 aromatic rings. The highest BCUT2D eigenvalue weighted by Gasteiger charge is 2.40. The lowest BCUT2D eigenvalue weighted by Gasteiger charge is -2.14. The molecule has 0 spiro atoms. The zero-order valence-electron chi connectivity index (χ0n) is 12.7. The highest BCUT2D eigenvalue weighted by atomic mass is 19.1. The van der Waals surface area contributed by atoms with Crippen molar-refractivity contribution in [1.82, 2.24) is 5.32 Å². The molecule has 2 aromatic carbocycles. The van der Waals surface area contributed by atoms with E-state index < -0.39 is 23.5 Å². The second-order valence-electron chi connectivity index (χ2n) is 5.25. The van der Waals surface area contributed by atoms with Gasteiger partial charge in [0.05, 0.1) is 18.7 Å². The first-order valence-corrected chi connectivity index (χ1v) is 7.20. The largest absolute Gasteiger partial charge is 0.507 e. The topological polar surface area (TPSA) is 75.6 Å². The number of carbonyl (C=O) groups excluding carboxylic acids is 2. The first-order valence-electron chi connectivity index (χ1n) is 7.20. The van der Waals surface area contributed by atoms with E-state index in [0.717, 1.165) is 0 Å². The molecule has 1 amide bonds. The lowest BCUT2D eigenvalue weighted by Crippen LogP contribution is -2.21. The van der Waals surface area contributed by atoms with Crippen LogP contribution in [-0.4, -0.2) is 23.9 Å². The second kappa shape index (κ2) is 6.16. The van der Waals surface area contributed by atoms with Crippen LogP contribution in [-0.2, 0) is 9.59 Å². The van der Waals surface area contributed by atoms with Crippen molar-refractivity contribution in [2.45, 2.75) is 6.04 Å². The Bertz CT molecular complexity index is 860. The summed E-state index contributed by atoms with van der Waals surface area (Å²) in [6, 6.07) is 11.1. The standard InChI is InChI=1S/C18H14FNO4/c1-24-11-6-4-5-10(9-11)16(21)14-15(20-18(23)17(14)22)12-7-2-3-8-13(12)19/h2-9,15,21H,1H3,(H,20,23). The van der Waals surface area contributed by atoms with Gasteiger partial charge in [-0.2, -0.15) is 0 Å². The van der Waals surface area contributed by atoms with Gasteiger partial charge in [-0.3, -0.25) is 9.59 Å². The van der Waals surface area contributed by atoms with Gasteiger partial charge in [0.2, 0.25) is 0 Å². The molecule has 1 fully saturated rings. The normalized spacial score (nSPS) is 19.2. The molecule has 122 valence electrons. The fourth-order valence-electron chi connectivity index (χ4n) is 2.63. The van der Waals surface area contributed by atoms with E-state index in [4.69, 9.17) is 4.74 Å². The molecule has 1 unspecified atom stereocenters. The van der Waals surface area contributed by atoms with Crippen LogP contribution in [0.25, 0.3) is 5.76 Å². The van der Waals surface area contributed by atoms with Crippen molar-refractivity contribution in [3.05, 3.63) is 71.0 Å². The number of hydrogen-bond acceptors (Lipinski definition) is 4. The van der Waals surface area contributed by atoms with Gasteiger partial charge < -0.3 is 15.2 Å². The van der Waals surface area contributed by atoms with E-state index in [9.17, 15) is 19.1 Å². The lowest BCUT2D eigenvalue weighted by molar-refractivity contribution is -0.133. The summed E-state index contributed by atoms with van der Waals surface area (Å²) in [5, 5.41) is 13.0. The first-order chi connectivity index (χ1) is 11.5. The van der Waals surface area contributed by atoms with Crippen molar-refractivity contribution in [1.29, 1.82) is 0 Å². The Hall–Kier alpha value is -3.15. The third kappa shape index (κ3) is 2.62. The summed E-state index contributed by atoms with van der Waals surface area (Å²) in [6.07, 6.45) is 0. The van der Waals surface area contributed by atoms with Crippen molar-refractivity contribution >= 4 is 17.4 Å². The maximum Gasteiger partial charge on any atom is 0.293 e. The molecule has 1 saturated heterocycles. The molecule has 5 nitrogen and oxygen atoms in total. The van der Waals surface area contributed by atoms with Crippen LogP contribution in [0.4, 0.5) is 4.39 Å². The molecule has 1 atom stereocenters. The maximum atomic E-state index is 14.1. The van der Waals surface area contributed by atoms with Crippen LogP contribution in [0, 0.1) is 5.82 Å². The van der Waals surface area contributed by atoms with Crippen LogP contribution in [0.1, 0.15) is 17.2 Å². The van der Waals surface area contributed by atoms with Crippen LogP contribution in [0.5, 0.6) is 5.75 Å². The third-order valence-corrected chi connectivity index (χ3v) is 3.83. The summed E-state index contributed by atoms with van der Waals surface area (Å²) in [5.41, 5.74) is 0.232. The number of ether oxygens (including phenoxy) is 1. The second-order valence-corrected chi connectivity index (χ2v) is 5.25. The van der Waals surface area contributed by atoms with E-state index in [2.05, 4.69) is 5.32 Å². The van der Waals surface area contributed by atoms with E-state index in [1.54, 1.807) is 24.3 Å². The van der Waals surface area contributed by atoms with Gasteiger partial charge in [0.25, 0.3) is 11.7 Å². The molecule has 3 rings (SSSR count). The van der Waals surface area contributed by atoms with Crippen LogP contribution in [0.3, 0.4) is 0 Å². The Morgan fingerprint density at radius 1 is 1.17 bits per heavy atom. The van der Waals surface area contributed by atoms with Gasteiger partial charge in [-0.15, -0.1) is 0 Å². The molecule has 0 radical (unpaired) electrons. The smallest absolute Gasteiger partial charge is 0.293 e. The molecule has 1 heterocycles. The summed E-state index contributed by atoms with van der Waals surface area (Å²) in [6.45, 7) is 0. The molecular weight excluding hydrogens is 313 g/mol. The highest BCUT2D eigenvalue weighted by molar-refractivity contribution is 6.46. The Labute approximate surface area is 137 Å². The van der Waals surface area contributed by atoms with Crippen molar-refractivity contribution in [3.8, 4) is 5.75 Å². The van der Waals surface area contributed by atoms with Gasteiger partial charge in [-0.25, -0.2) is 4.39 Å². The molecule has 6 heteroatoms. The predicted molar refractivity (Wildman–Crippen MR) is 84.8 cm³/mol. The van der Waals surface area contributed by atoms with Crippen LogP contribution in [0.15, 0.2) is 54.1 Å². The molecule has 0 bridgehead atoms. The molecular formula is C18H14FNO4. The number of aliphatic hydroxyl groups is 1. The van der Waals surface area contributed by atoms with E-state index in [-0.39, 0.29) is 16.9 Å². The Balaban J connectivity index is 2.15. The fraction of sp³-hybridized carbons (Fsp3) is 0.111. The Kier molecular flexibility index (Phi) is 4.04. The average Bonchev–Trinajstić information content (AvgIpc) is 2.89. The molecule has 0 aliphatic carbocycles. The van der Waals surface area contributed by atoms with E-state index in [1.807, 2.05) is 0 Å². The number of amides is 1. The quantitative estimate of drug-likeness (QED) is 0.516. The average molecular weight is 327 g/mol. The Morgan fingerprint density at radius 2 is 1.92 bits per heavy atom. The number of Topliss-reactive ketones (excluding diaryl/α,β-unsaturated/α-hetero) is 1. The van der Waals surface area contributed by atoms with E-state index >= 15 is 0 Å². The van der Waals surface area contributed by atoms with Gasteiger partial charge >= 0.3 is 0 Å². The summed E-state index contributed by atoms with van der Waals surface area (Å²) in [7, 11) is 1.47. The van der Waals surface area contributed by atoms with Gasteiger partial charge in [-0.1, -0.05) is 30.3 Å². The van der Waals surface area contributed by atoms with Gasteiger partial charge in [0.1, 0.15) is 17.3 Å². The van der Waals surface area contributed by atoms with Gasteiger partial charge in [0, 0.05) is 11.1 Å². The molecule has 1 aliphatic rings. The fourth-order valence-corrected chi connectivity index (χ4v) is 2.63. The summed E-state index contributed by atoms with van der Waals surface area (Å²) < 4.78 is 19.2. The number of halogens is 1.